The van der Waals surface area contributed by atoms with E-state index in [1.807, 2.05) is 24.3 Å². The van der Waals surface area contributed by atoms with Gasteiger partial charge >= 0.3 is 0 Å². The fourth-order valence-corrected chi connectivity index (χ4v) is 3.21. The van der Waals surface area contributed by atoms with Gasteiger partial charge in [-0.15, -0.1) is 0 Å². The van der Waals surface area contributed by atoms with Gasteiger partial charge in [-0.05, 0) is 24.5 Å². The number of nitrogens with zero attached hydrogens (tertiary/aromatic N) is 3. The number of rotatable bonds is 2. The molecule has 3 aromatic rings. The zero-order valence-electron chi connectivity index (χ0n) is 12.7. The molecule has 0 amide bonds. The Morgan fingerprint density at radius 2 is 2.09 bits per heavy atom. The zero-order valence-corrected chi connectivity index (χ0v) is 12.7. The number of H-pyrrole nitrogens is 1. The molecule has 1 aliphatic heterocycles. The Balaban J connectivity index is 1.88. The minimum absolute atomic E-state index is 0.298. The summed E-state index contributed by atoms with van der Waals surface area (Å²) in [6, 6.07) is 12.1. The van der Waals surface area contributed by atoms with Gasteiger partial charge in [-0.3, -0.25) is 5.10 Å². The first-order valence-corrected chi connectivity index (χ1v) is 7.85. The molecule has 1 atom stereocenters. The van der Waals surface area contributed by atoms with Crippen molar-refractivity contribution in [2.24, 2.45) is 0 Å². The molecule has 1 aromatic carbocycles. The third-order valence-electron chi connectivity index (χ3n) is 4.35. The van der Waals surface area contributed by atoms with Gasteiger partial charge in [0.15, 0.2) is 11.5 Å². The number of aliphatic hydroxyl groups is 1. The van der Waals surface area contributed by atoms with E-state index in [4.69, 9.17) is 5.73 Å². The van der Waals surface area contributed by atoms with Gasteiger partial charge in [0.2, 0.25) is 0 Å². The van der Waals surface area contributed by atoms with Crippen molar-refractivity contribution in [3.63, 3.8) is 0 Å². The molecular weight excluding hydrogens is 290 g/mol. The smallest absolute Gasteiger partial charge is 0.160 e. The van der Waals surface area contributed by atoms with Crippen LogP contribution in [0, 0.1) is 0 Å². The Hall–Kier alpha value is -2.60. The van der Waals surface area contributed by atoms with Crippen molar-refractivity contribution >= 4 is 22.7 Å². The lowest BCUT2D eigenvalue weighted by Gasteiger charge is -2.31. The molecule has 6 nitrogen and oxygen atoms in total. The summed E-state index contributed by atoms with van der Waals surface area (Å²) in [6.45, 7) is 1.50. The van der Waals surface area contributed by atoms with E-state index >= 15 is 0 Å². The molecule has 1 saturated heterocycles. The highest BCUT2D eigenvalue weighted by atomic mass is 16.3. The summed E-state index contributed by atoms with van der Waals surface area (Å²) >= 11 is 0. The summed E-state index contributed by atoms with van der Waals surface area (Å²) in [6.07, 6.45) is 1.52. The van der Waals surface area contributed by atoms with E-state index in [9.17, 15) is 5.11 Å². The molecule has 0 radical (unpaired) electrons. The van der Waals surface area contributed by atoms with E-state index in [0.717, 1.165) is 41.7 Å². The number of benzene rings is 1. The standard InChI is InChI=1S/C17H19N5O/c18-16-15-13(11-5-2-1-3-6-11)9-14(19-17(15)21-20-16)22-8-4-7-12(23)10-22/h1-3,5-6,9,12,23H,4,7-8,10H2,(H3,18,19,20,21). The lowest BCUT2D eigenvalue weighted by Crippen LogP contribution is -2.38. The molecule has 0 saturated carbocycles. The first kappa shape index (κ1) is 14.0. The first-order chi connectivity index (χ1) is 11.2. The van der Waals surface area contributed by atoms with Gasteiger partial charge in [0, 0.05) is 18.7 Å². The van der Waals surface area contributed by atoms with Crippen LogP contribution in [0.3, 0.4) is 0 Å². The summed E-state index contributed by atoms with van der Waals surface area (Å²) < 4.78 is 0. The largest absolute Gasteiger partial charge is 0.391 e. The fourth-order valence-electron chi connectivity index (χ4n) is 3.21. The van der Waals surface area contributed by atoms with Crippen LogP contribution >= 0.6 is 0 Å². The molecule has 4 N–H and O–H groups in total. The van der Waals surface area contributed by atoms with Crippen LogP contribution in [0.1, 0.15) is 12.8 Å². The monoisotopic (exact) mass is 309 g/mol. The van der Waals surface area contributed by atoms with Crippen molar-refractivity contribution in [2.75, 3.05) is 23.7 Å². The third-order valence-corrected chi connectivity index (χ3v) is 4.35. The topological polar surface area (TPSA) is 91.1 Å². The van der Waals surface area contributed by atoms with Crippen LogP contribution in [-0.2, 0) is 0 Å². The molecule has 23 heavy (non-hydrogen) atoms. The number of nitrogens with two attached hydrogens (primary N) is 1. The first-order valence-electron chi connectivity index (χ1n) is 7.85. The number of hydrogen-bond acceptors (Lipinski definition) is 5. The highest BCUT2D eigenvalue weighted by Gasteiger charge is 2.21. The minimum Gasteiger partial charge on any atom is -0.391 e. The van der Waals surface area contributed by atoms with Gasteiger partial charge in [-0.1, -0.05) is 30.3 Å². The molecule has 0 spiro atoms. The summed E-state index contributed by atoms with van der Waals surface area (Å²) in [7, 11) is 0. The number of β-amino-alcohol motifs (C(OH)–C–C–N with tert-alkyl or cyclic N) is 1. The Morgan fingerprint density at radius 1 is 1.26 bits per heavy atom. The maximum Gasteiger partial charge on any atom is 0.160 e. The maximum atomic E-state index is 9.94. The van der Waals surface area contributed by atoms with Crippen LogP contribution in [0.2, 0.25) is 0 Å². The van der Waals surface area contributed by atoms with Crippen molar-refractivity contribution in [1.29, 1.82) is 0 Å². The quantitative estimate of drug-likeness (QED) is 0.675. The van der Waals surface area contributed by atoms with Crippen LogP contribution in [-0.4, -0.2) is 39.5 Å². The van der Waals surface area contributed by atoms with Crippen LogP contribution in [0.5, 0.6) is 0 Å². The van der Waals surface area contributed by atoms with Crippen molar-refractivity contribution in [3.05, 3.63) is 36.4 Å². The number of piperidine rings is 1. The van der Waals surface area contributed by atoms with Crippen molar-refractivity contribution in [2.45, 2.75) is 18.9 Å². The molecule has 118 valence electrons. The van der Waals surface area contributed by atoms with E-state index in [1.54, 1.807) is 0 Å². The van der Waals surface area contributed by atoms with Gasteiger partial charge in [-0.25, -0.2) is 4.98 Å². The van der Waals surface area contributed by atoms with Crippen molar-refractivity contribution < 1.29 is 5.11 Å². The normalized spacial score (nSPS) is 18.5. The van der Waals surface area contributed by atoms with Gasteiger partial charge < -0.3 is 15.7 Å². The molecule has 1 aliphatic rings. The Labute approximate surface area is 133 Å². The average molecular weight is 309 g/mol. The number of aliphatic hydroxyl groups excluding tert-OH is 1. The highest BCUT2D eigenvalue weighted by Crippen LogP contribution is 2.34. The average Bonchev–Trinajstić information content (AvgIpc) is 2.96. The molecule has 6 heteroatoms. The molecular formula is C17H19N5O. The summed E-state index contributed by atoms with van der Waals surface area (Å²) in [5, 5.41) is 17.8. The summed E-state index contributed by atoms with van der Waals surface area (Å²) in [5.74, 6) is 1.30. The second-order valence-electron chi connectivity index (χ2n) is 5.97. The number of fused-ring (bicyclic) bond motifs is 1. The van der Waals surface area contributed by atoms with E-state index < -0.39 is 0 Å². The molecule has 3 heterocycles. The second-order valence-corrected chi connectivity index (χ2v) is 5.97. The zero-order chi connectivity index (χ0) is 15.8. The number of pyridine rings is 1. The van der Waals surface area contributed by atoms with Gasteiger partial charge in [0.25, 0.3) is 0 Å². The van der Waals surface area contributed by atoms with Gasteiger partial charge in [-0.2, -0.15) is 5.10 Å². The molecule has 0 bridgehead atoms. The molecule has 2 aromatic heterocycles. The van der Waals surface area contributed by atoms with Gasteiger partial charge in [0.1, 0.15) is 5.82 Å². The lowest BCUT2D eigenvalue weighted by molar-refractivity contribution is 0.154. The molecule has 1 unspecified atom stereocenters. The Bertz CT molecular complexity index is 830. The SMILES string of the molecule is Nc1n[nH]c2nc(N3CCCC(O)C3)cc(-c3ccccc3)c12. The minimum atomic E-state index is -0.298. The number of aromatic amines is 1. The Kier molecular flexibility index (Phi) is 3.38. The number of aromatic nitrogens is 3. The number of anilines is 2. The van der Waals surface area contributed by atoms with Crippen LogP contribution in [0.4, 0.5) is 11.6 Å². The molecule has 4 rings (SSSR count). The second kappa shape index (κ2) is 5.55. The van der Waals surface area contributed by atoms with E-state index in [-0.39, 0.29) is 6.10 Å². The predicted octanol–water partition coefficient (Wildman–Crippen LogP) is 2.17. The van der Waals surface area contributed by atoms with Gasteiger partial charge in [0.05, 0.1) is 11.5 Å². The van der Waals surface area contributed by atoms with Crippen LogP contribution in [0.15, 0.2) is 36.4 Å². The van der Waals surface area contributed by atoms with Crippen LogP contribution < -0.4 is 10.6 Å². The number of nitrogen functional groups attached to an aromatic ring is 1. The molecule has 1 fully saturated rings. The van der Waals surface area contributed by atoms with E-state index in [0.29, 0.717) is 18.0 Å². The van der Waals surface area contributed by atoms with Crippen LogP contribution in [0.25, 0.3) is 22.2 Å². The maximum absolute atomic E-state index is 9.94. The fraction of sp³-hybridized carbons (Fsp3) is 0.294. The van der Waals surface area contributed by atoms with E-state index in [2.05, 4.69) is 32.2 Å². The Morgan fingerprint density at radius 3 is 2.87 bits per heavy atom. The summed E-state index contributed by atoms with van der Waals surface area (Å²) in [5.41, 5.74) is 8.80. The van der Waals surface area contributed by atoms with Crippen molar-refractivity contribution in [3.8, 4) is 11.1 Å². The summed E-state index contributed by atoms with van der Waals surface area (Å²) in [4.78, 5) is 6.78. The third kappa shape index (κ3) is 2.51. The number of hydrogen-bond donors (Lipinski definition) is 3. The van der Waals surface area contributed by atoms with Crippen molar-refractivity contribution in [1.82, 2.24) is 15.2 Å². The number of nitrogens with one attached hydrogen (secondary N) is 1. The van der Waals surface area contributed by atoms with E-state index in [1.165, 1.54) is 0 Å². The predicted molar refractivity (Wildman–Crippen MR) is 91.2 cm³/mol. The highest BCUT2D eigenvalue weighted by molar-refractivity contribution is 6.01. The molecule has 0 aliphatic carbocycles. The lowest BCUT2D eigenvalue weighted by atomic mass is 10.0.